The van der Waals surface area contributed by atoms with Gasteiger partial charge in [0.05, 0.1) is 6.10 Å². The number of hydrogen-bond acceptors (Lipinski definition) is 5. The minimum Gasteiger partial charge on any atom is -0.507 e. The van der Waals surface area contributed by atoms with E-state index in [1.807, 2.05) is 0 Å². The van der Waals surface area contributed by atoms with Crippen LogP contribution in [0.2, 0.25) is 0 Å². The van der Waals surface area contributed by atoms with Crippen LogP contribution >= 0.6 is 12.6 Å². The second-order valence-corrected chi connectivity index (χ2v) is 3.64. The van der Waals surface area contributed by atoms with Crippen molar-refractivity contribution >= 4 is 18.6 Å². The van der Waals surface area contributed by atoms with Gasteiger partial charge in [0.2, 0.25) is 0 Å². The number of phenols is 1. The van der Waals surface area contributed by atoms with E-state index in [1.165, 1.54) is 6.07 Å². The average molecular weight is 244 g/mol. The van der Waals surface area contributed by atoms with Crippen LogP contribution in [0.5, 0.6) is 5.75 Å². The molecule has 1 aromatic carbocycles. The highest BCUT2D eigenvalue weighted by atomic mass is 32.1. The average Bonchev–Trinajstić information content (AvgIpc) is 2.27. The molecule has 0 heterocycles. The molecule has 0 fully saturated rings. The Morgan fingerprint density at radius 2 is 2.00 bits per heavy atom. The lowest BCUT2D eigenvalue weighted by Gasteiger charge is -2.16. The molecule has 4 N–H and O–H groups in total. The van der Waals surface area contributed by atoms with Crippen molar-refractivity contribution < 1.29 is 25.2 Å². The summed E-state index contributed by atoms with van der Waals surface area (Å²) in [5.74, 6) is -1.64. The molecular formula is C10H12O5S. The molecule has 5 nitrogen and oxygen atoms in total. The Kier molecular flexibility index (Phi) is 4.17. The zero-order valence-electron chi connectivity index (χ0n) is 8.24. The summed E-state index contributed by atoms with van der Waals surface area (Å²) in [5.41, 5.74) is -0.0975. The number of hydrogen-bond donors (Lipinski definition) is 5. The molecule has 0 aliphatic rings. The molecule has 2 atom stereocenters. The van der Waals surface area contributed by atoms with Gasteiger partial charge >= 0.3 is 5.97 Å². The number of carbonyl (C=O) groups is 1. The van der Waals surface area contributed by atoms with Crippen molar-refractivity contribution in [2.45, 2.75) is 12.2 Å². The van der Waals surface area contributed by atoms with Crippen LogP contribution < -0.4 is 0 Å². The number of aromatic carboxylic acids is 1. The van der Waals surface area contributed by atoms with Crippen LogP contribution in [0.25, 0.3) is 0 Å². The molecule has 1 aromatic rings. The minimum atomic E-state index is -1.30. The third-order valence-electron chi connectivity index (χ3n) is 2.14. The van der Waals surface area contributed by atoms with Crippen molar-refractivity contribution in [1.82, 2.24) is 0 Å². The van der Waals surface area contributed by atoms with Crippen LogP contribution in [0.3, 0.4) is 0 Å². The largest absolute Gasteiger partial charge is 0.507 e. The van der Waals surface area contributed by atoms with Gasteiger partial charge in [0.1, 0.15) is 17.4 Å². The standard InChI is InChI=1S/C10H12O5S/c11-7-2-1-5(3-6(7)10(14)15)9(13)8(12)4-16/h1-3,8-9,11-13,16H,4H2,(H,14,15). The number of carboxylic acids is 1. The van der Waals surface area contributed by atoms with Crippen LogP contribution in [-0.4, -0.2) is 38.3 Å². The molecule has 0 aromatic heterocycles. The lowest BCUT2D eigenvalue weighted by Crippen LogP contribution is -2.20. The van der Waals surface area contributed by atoms with E-state index in [2.05, 4.69) is 12.6 Å². The maximum absolute atomic E-state index is 10.7. The fourth-order valence-electron chi connectivity index (χ4n) is 1.23. The van der Waals surface area contributed by atoms with Gasteiger partial charge in [-0.1, -0.05) is 6.07 Å². The zero-order valence-corrected chi connectivity index (χ0v) is 9.13. The van der Waals surface area contributed by atoms with Crippen LogP contribution in [0.15, 0.2) is 18.2 Å². The third-order valence-corrected chi connectivity index (χ3v) is 2.52. The molecule has 16 heavy (non-hydrogen) atoms. The number of aliphatic hydroxyl groups is 2. The fraction of sp³-hybridized carbons (Fsp3) is 0.300. The van der Waals surface area contributed by atoms with Crippen molar-refractivity contribution in [3.05, 3.63) is 29.3 Å². The number of aliphatic hydroxyl groups excluding tert-OH is 2. The summed E-state index contributed by atoms with van der Waals surface area (Å²) in [6.07, 6.45) is -2.31. The molecule has 6 heteroatoms. The summed E-state index contributed by atoms with van der Waals surface area (Å²) >= 11 is 3.82. The first-order valence-electron chi connectivity index (χ1n) is 4.50. The number of carboxylic acid groups (broad SMARTS) is 1. The number of rotatable bonds is 4. The molecule has 0 bridgehead atoms. The second kappa shape index (κ2) is 5.20. The van der Waals surface area contributed by atoms with E-state index in [0.29, 0.717) is 0 Å². The Morgan fingerprint density at radius 3 is 2.50 bits per heavy atom. The highest BCUT2D eigenvalue weighted by molar-refractivity contribution is 7.80. The van der Waals surface area contributed by atoms with Gasteiger partial charge in [0, 0.05) is 5.75 Å². The van der Waals surface area contributed by atoms with Gasteiger partial charge in [0.25, 0.3) is 0 Å². The maximum Gasteiger partial charge on any atom is 0.339 e. The van der Waals surface area contributed by atoms with Crippen LogP contribution in [0, 0.1) is 0 Å². The quantitative estimate of drug-likeness (QED) is 0.494. The Balaban J connectivity index is 3.07. The van der Waals surface area contributed by atoms with Crippen molar-refractivity contribution in [2.24, 2.45) is 0 Å². The van der Waals surface area contributed by atoms with Gasteiger partial charge in [-0.3, -0.25) is 0 Å². The highest BCUT2D eigenvalue weighted by Gasteiger charge is 2.19. The van der Waals surface area contributed by atoms with E-state index in [-0.39, 0.29) is 22.6 Å². The first-order chi connectivity index (χ1) is 7.47. The van der Waals surface area contributed by atoms with Gasteiger partial charge < -0.3 is 20.4 Å². The van der Waals surface area contributed by atoms with E-state index in [9.17, 15) is 20.1 Å². The summed E-state index contributed by atoms with van der Waals surface area (Å²) in [6, 6.07) is 3.63. The predicted octanol–water partition coefficient (Wildman–Crippen LogP) is 0.414. The van der Waals surface area contributed by atoms with Gasteiger partial charge in [-0.05, 0) is 17.7 Å². The topological polar surface area (TPSA) is 98.0 Å². The normalized spacial score (nSPS) is 14.4. The fourth-order valence-corrected chi connectivity index (χ4v) is 1.43. The lowest BCUT2D eigenvalue weighted by atomic mass is 10.0. The molecule has 2 unspecified atom stereocenters. The molecular weight excluding hydrogens is 232 g/mol. The molecule has 0 spiro atoms. The summed E-state index contributed by atoms with van der Waals surface area (Å²) in [6.45, 7) is 0. The first-order valence-corrected chi connectivity index (χ1v) is 5.13. The number of thiol groups is 1. The Hall–Kier alpha value is -1.24. The Labute approximate surface area is 97.4 Å². The molecule has 88 valence electrons. The summed E-state index contributed by atoms with van der Waals surface area (Å²) in [5, 5.41) is 36.9. The Bertz CT molecular complexity index is 393. The monoisotopic (exact) mass is 244 g/mol. The van der Waals surface area contributed by atoms with Gasteiger partial charge in [-0.15, -0.1) is 0 Å². The van der Waals surface area contributed by atoms with Crippen LogP contribution in [0.4, 0.5) is 0 Å². The van der Waals surface area contributed by atoms with Gasteiger partial charge in [-0.25, -0.2) is 4.79 Å². The SMILES string of the molecule is O=C(O)c1cc(C(O)C(O)CS)ccc1O. The predicted molar refractivity (Wildman–Crippen MR) is 59.9 cm³/mol. The second-order valence-electron chi connectivity index (χ2n) is 3.28. The van der Waals surface area contributed by atoms with Crippen molar-refractivity contribution in [2.75, 3.05) is 5.75 Å². The Morgan fingerprint density at radius 1 is 1.38 bits per heavy atom. The number of benzene rings is 1. The summed E-state index contributed by atoms with van der Waals surface area (Å²) in [7, 11) is 0. The molecule has 0 aliphatic heterocycles. The molecule has 0 amide bonds. The van der Waals surface area contributed by atoms with E-state index in [0.717, 1.165) is 12.1 Å². The van der Waals surface area contributed by atoms with E-state index >= 15 is 0 Å². The molecule has 0 radical (unpaired) electrons. The van der Waals surface area contributed by atoms with Gasteiger partial charge in [0.15, 0.2) is 0 Å². The molecule has 1 rings (SSSR count). The maximum atomic E-state index is 10.7. The molecule has 0 saturated heterocycles. The van der Waals surface area contributed by atoms with E-state index in [4.69, 9.17) is 5.11 Å². The highest BCUT2D eigenvalue weighted by Crippen LogP contribution is 2.24. The van der Waals surface area contributed by atoms with E-state index < -0.39 is 18.2 Å². The van der Waals surface area contributed by atoms with E-state index in [1.54, 1.807) is 0 Å². The smallest absolute Gasteiger partial charge is 0.339 e. The van der Waals surface area contributed by atoms with Gasteiger partial charge in [-0.2, -0.15) is 12.6 Å². The molecule has 0 saturated carbocycles. The first kappa shape index (κ1) is 12.8. The van der Waals surface area contributed by atoms with Crippen molar-refractivity contribution in [3.8, 4) is 5.75 Å². The number of aromatic hydroxyl groups is 1. The van der Waals surface area contributed by atoms with Crippen LogP contribution in [0.1, 0.15) is 22.0 Å². The summed E-state index contributed by atoms with van der Waals surface area (Å²) < 4.78 is 0. The van der Waals surface area contributed by atoms with Crippen molar-refractivity contribution in [1.29, 1.82) is 0 Å². The zero-order chi connectivity index (χ0) is 12.3. The molecule has 0 aliphatic carbocycles. The minimum absolute atomic E-state index is 0.0461. The summed E-state index contributed by atoms with van der Waals surface area (Å²) in [4.78, 5) is 10.7. The lowest BCUT2D eigenvalue weighted by molar-refractivity contribution is 0.0336. The van der Waals surface area contributed by atoms with Crippen LogP contribution in [-0.2, 0) is 0 Å². The van der Waals surface area contributed by atoms with Crippen molar-refractivity contribution in [3.63, 3.8) is 0 Å². The third kappa shape index (κ3) is 2.66.